The zero-order chi connectivity index (χ0) is 15.2. The van der Waals surface area contributed by atoms with Crippen molar-refractivity contribution in [1.29, 1.82) is 0 Å². The van der Waals surface area contributed by atoms with E-state index in [9.17, 15) is 0 Å². The minimum Gasteiger partial charge on any atom is -0.496 e. The van der Waals surface area contributed by atoms with Crippen molar-refractivity contribution in [2.24, 2.45) is 0 Å². The molecule has 114 valence electrons. The van der Waals surface area contributed by atoms with Gasteiger partial charge in [-0.1, -0.05) is 18.3 Å². The normalized spacial score (nSPS) is 10.3. The summed E-state index contributed by atoms with van der Waals surface area (Å²) in [6.45, 7) is 2.59. The maximum absolute atomic E-state index is 5.41. The summed E-state index contributed by atoms with van der Waals surface area (Å²) in [6.07, 6.45) is 0.883. The van der Waals surface area contributed by atoms with Crippen LogP contribution in [0.25, 0.3) is 0 Å². The molecule has 2 aromatic rings. The lowest BCUT2D eigenvalue weighted by Gasteiger charge is -2.15. The standard InChI is InChI=1S/C14H19N3O3S/c1-5-13-16-17-14(21-13)15-8-10-11(19-3)6-9(18-2)7-12(10)20-4/h6-7H,5,8H2,1-4H3,(H,15,17). The third-order valence-electron chi connectivity index (χ3n) is 3.00. The topological polar surface area (TPSA) is 65.5 Å². The molecule has 0 saturated carbocycles. The second kappa shape index (κ2) is 7.12. The highest BCUT2D eigenvalue weighted by Crippen LogP contribution is 2.34. The van der Waals surface area contributed by atoms with Crippen LogP contribution in [0.4, 0.5) is 5.13 Å². The van der Waals surface area contributed by atoms with Crippen molar-refractivity contribution in [3.8, 4) is 17.2 Å². The van der Waals surface area contributed by atoms with Crippen LogP contribution in [-0.4, -0.2) is 31.5 Å². The number of aromatic nitrogens is 2. The molecule has 0 amide bonds. The lowest BCUT2D eigenvalue weighted by atomic mass is 10.1. The first kappa shape index (κ1) is 15.4. The van der Waals surface area contributed by atoms with Crippen molar-refractivity contribution >= 4 is 16.5 Å². The fraction of sp³-hybridized carbons (Fsp3) is 0.429. The summed E-state index contributed by atoms with van der Waals surface area (Å²) in [7, 11) is 4.86. The maximum Gasteiger partial charge on any atom is 0.205 e. The molecule has 0 radical (unpaired) electrons. The van der Waals surface area contributed by atoms with Gasteiger partial charge in [0.25, 0.3) is 0 Å². The molecular formula is C14H19N3O3S. The summed E-state index contributed by atoms with van der Waals surface area (Å²) in [5.74, 6) is 2.11. The van der Waals surface area contributed by atoms with Gasteiger partial charge in [-0.3, -0.25) is 0 Å². The summed E-state index contributed by atoms with van der Waals surface area (Å²) in [5, 5.41) is 13.2. The molecule has 1 N–H and O–H groups in total. The molecule has 2 rings (SSSR count). The summed E-state index contributed by atoms with van der Waals surface area (Å²) in [6, 6.07) is 3.66. The molecule has 0 bridgehead atoms. The van der Waals surface area contributed by atoms with Gasteiger partial charge in [-0.25, -0.2) is 0 Å². The van der Waals surface area contributed by atoms with Crippen LogP contribution in [0.3, 0.4) is 0 Å². The first-order valence-corrected chi connectivity index (χ1v) is 7.38. The van der Waals surface area contributed by atoms with Crippen molar-refractivity contribution < 1.29 is 14.2 Å². The molecule has 1 heterocycles. The van der Waals surface area contributed by atoms with Gasteiger partial charge in [0.2, 0.25) is 5.13 Å². The molecule has 0 aliphatic heterocycles. The minimum atomic E-state index is 0.536. The van der Waals surface area contributed by atoms with Crippen LogP contribution in [0, 0.1) is 0 Å². The molecule has 0 unspecified atom stereocenters. The summed E-state index contributed by atoms with van der Waals surface area (Å²) >= 11 is 1.55. The fourth-order valence-electron chi connectivity index (χ4n) is 1.88. The Kier molecular flexibility index (Phi) is 5.21. The summed E-state index contributed by atoms with van der Waals surface area (Å²) < 4.78 is 16.1. The number of hydrogen-bond acceptors (Lipinski definition) is 7. The van der Waals surface area contributed by atoms with Gasteiger partial charge in [-0.05, 0) is 6.42 Å². The van der Waals surface area contributed by atoms with E-state index in [-0.39, 0.29) is 0 Å². The first-order chi connectivity index (χ1) is 10.2. The van der Waals surface area contributed by atoms with Crippen molar-refractivity contribution in [3.63, 3.8) is 0 Å². The Morgan fingerprint density at radius 2 is 1.71 bits per heavy atom. The quantitative estimate of drug-likeness (QED) is 0.848. The number of ether oxygens (including phenoxy) is 3. The predicted molar refractivity (Wildman–Crippen MR) is 82.7 cm³/mol. The van der Waals surface area contributed by atoms with Gasteiger partial charge in [0.1, 0.15) is 22.3 Å². The molecule has 0 spiro atoms. The number of aryl methyl sites for hydroxylation is 1. The van der Waals surface area contributed by atoms with Crippen LogP contribution in [0.1, 0.15) is 17.5 Å². The molecule has 1 aromatic heterocycles. The van der Waals surface area contributed by atoms with Crippen LogP contribution in [0.2, 0.25) is 0 Å². The second-order valence-electron chi connectivity index (χ2n) is 4.22. The molecule has 21 heavy (non-hydrogen) atoms. The third kappa shape index (κ3) is 3.55. The number of nitrogens with zero attached hydrogens (tertiary/aromatic N) is 2. The molecular weight excluding hydrogens is 290 g/mol. The van der Waals surface area contributed by atoms with Crippen molar-refractivity contribution in [3.05, 3.63) is 22.7 Å². The Morgan fingerprint density at radius 3 is 2.19 bits per heavy atom. The Balaban J connectivity index is 2.21. The molecule has 0 aliphatic rings. The lowest BCUT2D eigenvalue weighted by Crippen LogP contribution is -2.04. The molecule has 0 atom stereocenters. The average molecular weight is 309 g/mol. The van der Waals surface area contributed by atoms with Crippen LogP contribution >= 0.6 is 11.3 Å². The largest absolute Gasteiger partial charge is 0.496 e. The lowest BCUT2D eigenvalue weighted by molar-refractivity contribution is 0.369. The van der Waals surface area contributed by atoms with E-state index in [4.69, 9.17) is 14.2 Å². The molecule has 0 saturated heterocycles. The Labute approximate surface area is 128 Å². The molecule has 0 aliphatic carbocycles. The van der Waals surface area contributed by atoms with Crippen LogP contribution in [0.5, 0.6) is 17.2 Å². The van der Waals surface area contributed by atoms with Gasteiger partial charge in [-0.2, -0.15) is 0 Å². The number of nitrogens with one attached hydrogen (secondary N) is 1. The van der Waals surface area contributed by atoms with E-state index in [0.29, 0.717) is 23.8 Å². The molecule has 6 nitrogen and oxygen atoms in total. The maximum atomic E-state index is 5.41. The number of rotatable bonds is 7. The van der Waals surface area contributed by atoms with Gasteiger partial charge in [0.15, 0.2) is 0 Å². The van der Waals surface area contributed by atoms with E-state index >= 15 is 0 Å². The molecule has 0 fully saturated rings. The van der Waals surface area contributed by atoms with E-state index in [1.807, 2.05) is 12.1 Å². The van der Waals surface area contributed by atoms with Crippen molar-refractivity contribution in [1.82, 2.24) is 10.2 Å². The number of benzene rings is 1. The zero-order valence-corrected chi connectivity index (χ0v) is 13.4. The van der Waals surface area contributed by atoms with Gasteiger partial charge in [0.05, 0.1) is 26.9 Å². The summed E-state index contributed by atoms with van der Waals surface area (Å²) in [5.41, 5.74) is 0.911. The highest BCUT2D eigenvalue weighted by Gasteiger charge is 2.14. The fourth-order valence-corrected chi connectivity index (χ4v) is 2.56. The predicted octanol–water partition coefficient (Wildman–Crippen LogP) is 2.74. The van der Waals surface area contributed by atoms with Crippen LogP contribution in [0.15, 0.2) is 12.1 Å². The average Bonchev–Trinajstić information content (AvgIpc) is 2.99. The number of hydrogen-bond donors (Lipinski definition) is 1. The SMILES string of the molecule is CCc1nnc(NCc2c(OC)cc(OC)cc2OC)s1. The third-order valence-corrected chi connectivity index (χ3v) is 4.03. The smallest absolute Gasteiger partial charge is 0.205 e. The number of methoxy groups -OCH3 is 3. The van der Waals surface area contributed by atoms with E-state index in [0.717, 1.165) is 22.1 Å². The Morgan fingerprint density at radius 1 is 1.05 bits per heavy atom. The highest BCUT2D eigenvalue weighted by atomic mass is 32.1. The Hall–Kier alpha value is -2.02. The van der Waals surface area contributed by atoms with E-state index in [1.165, 1.54) is 0 Å². The second-order valence-corrected chi connectivity index (χ2v) is 5.28. The monoisotopic (exact) mass is 309 g/mol. The first-order valence-electron chi connectivity index (χ1n) is 6.57. The van der Waals surface area contributed by atoms with Gasteiger partial charge in [-0.15, -0.1) is 10.2 Å². The van der Waals surface area contributed by atoms with Crippen molar-refractivity contribution in [2.45, 2.75) is 19.9 Å². The number of anilines is 1. The Bertz CT molecular complexity index is 576. The van der Waals surface area contributed by atoms with Gasteiger partial charge >= 0.3 is 0 Å². The van der Waals surface area contributed by atoms with Crippen molar-refractivity contribution in [2.75, 3.05) is 26.6 Å². The molecule has 7 heteroatoms. The van der Waals surface area contributed by atoms with Crippen LogP contribution in [-0.2, 0) is 13.0 Å². The summed E-state index contributed by atoms with van der Waals surface area (Å²) in [4.78, 5) is 0. The zero-order valence-electron chi connectivity index (χ0n) is 12.6. The van der Waals surface area contributed by atoms with Gasteiger partial charge in [0, 0.05) is 18.7 Å². The minimum absolute atomic E-state index is 0.536. The van der Waals surface area contributed by atoms with Crippen LogP contribution < -0.4 is 19.5 Å². The molecule has 1 aromatic carbocycles. The highest BCUT2D eigenvalue weighted by molar-refractivity contribution is 7.15. The van der Waals surface area contributed by atoms with E-state index in [2.05, 4.69) is 22.4 Å². The van der Waals surface area contributed by atoms with Gasteiger partial charge < -0.3 is 19.5 Å². The van der Waals surface area contributed by atoms with E-state index in [1.54, 1.807) is 32.7 Å². The van der Waals surface area contributed by atoms with E-state index < -0.39 is 0 Å².